The number of carbonyl (C=O) groups excluding carboxylic acids is 2. The lowest BCUT2D eigenvalue weighted by molar-refractivity contribution is -0.111. The highest BCUT2D eigenvalue weighted by atomic mass is 16.5. The van der Waals surface area contributed by atoms with E-state index in [9.17, 15) is 9.59 Å². The zero-order valence-electron chi connectivity index (χ0n) is 13.2. The van der Waals surface area contributed by atoms with Crippen molar-refractivity contribution >= 4 is 34.0 Å². The largest absolute Gasteiger partial charge is 0.376 e. The Hall–Kier alpha value is -2.66. The van der Waals surface area contributed by atoms with Crippen molar-refractivity contribution in [3.63, 3.8) is 0 Å². The predicted octanol–water partition coefficient (Wildman–Crippen LogP) is 3.10. The van der Waals surface area contributed by atoms with E-state index in [0.717, 1.165) is 35.9 Å². The van der Waals surface area contributed by atoms with E-state index in [1.165, 1.54) is 6.08 Å². The van der Waals surface area contributed by atoms with Gasteiger partial charge in [0, 0.05) is 28.6 Å². The van der Waals surface area contributed by atoms with Gasteiger partial charge in [-0.3, -0.25) is 9.59 Å². The number of hydrogen-bond donors (Lipinski definition) is 1. The second-order valence-corrected chi connectivity index (χ2v) is 6.10. The normalized spacial score (nSPS) is 19.1. The molecule has 0 radical (unpaired) electrons. The van der Waals surface area contributed by atoms with Gasteiger partial charge in [0.15, 0.2) is 0 Å². The van der Waals surface area contributed by atoms with Crippen LogP contribution >= 0.6 is 0 Å². The summed E-state index contributed by atoms with van der Waals surface area (Å²) in [4.78, 5) is 26.3. The van der Waals surface area contributed by atoms with Gasteiger partial charge in [0.1, 0.15) is 0 Å². The van der Waals surface area contributed by atoms with Crippen molar-refractivity contribution in [2.45, 2.75) is 18.9 Å². The molecular formula is C19H18N2O3. The fraction of sp³-hybridized carbons (Fsp3) is 0.263. The lowest BCUT2D eigenvalue weighted by atomic mass is 10.0. The van der Waals surface area contributed by atoms with Crippen LogP contribution in [0.3, 0.4) is 0 Å². The monoisotopic (exact) mass is 322 g/mol. The second kappa shape index (κ2) is 5.76. The van der Waals surface area contributed by atoms with Gasteiger partial charge >= 0.3 is 0 Å². The maximum absolute atomic E-state index is 12.8. The number of ether oxygens (including phenoxy) is 1. The van der Waals surface area contributed by atoms with Gasteiger partial charge in [-0.15, -0.1) is 0 Å². The highest BCUT2D eigenvalue weighted by Gasteiger charge is 2.33. The SMILES string of the molecule is C=CC(=O)Nc1ccc2c3c(cccc13)C(=O)N2CC1CCCO1. The number of benzene rings is 2. The van der Waals surface area contributed by atoms with Gasteiger partial charge in [-0.1, -0.05) is 18.7 Å². The fourth-order valence-electron chi connectivity index (χ4n) is 3.51. The maximum Gasteiger partial charge on any atom is 0.259 e. The van der Waals surface area contributed by atoms with Gasteiger partial charge < -0.3 is 15.0 Å². The number of carbonyl (C=O) groups is 2. The molecule has 2 aliphatic rings. The van der Waals surface area contributed by atoms with Gasteiger partial charge in [0.05, 0.1) is 18.3 Å². The van der Waals surface area contributed by atoms with Crippen molar-refractivity contribution in [2.75, 3.05) is 23.4 Å². The Balaban J connectivity index is 1.78. The number of rotatable bonds is 4. The van der Waals surface area contributed by atoms with Gasteiger partial charge in [-0.2, -0.15) is 0 Å². The predicted molar refractivity (Wildman–Crippen MR) is 93.4 cm³/mol. The minimum absolute atomic E-state index is 0.00158. The van der Waals surface area contributed by atoms with Crippen molar-refractivity contribution in [1.29, 1.82) is 0 Å². The first-order chi connectivity index (χ1) is 11.7. The van der Waals surface area contributed by atoms with E-state index in [2.05, 4.69) is 11.9 Å². The fourth-order valence-corrected chi connectivity index (χ4v) is 3.51. The van der Waals surface area contributed by atoms with Crippen LogP contribution in [0.5, 0.6) is 0 Å². The van der Waals surface area contributed by atoms with Crippen LogP contribution in [0.25, 0.3) is 10.8 Å². The molecule has 0 saturated carbocycles. The first-order valence-electron chi connectivity index (χ1n) is 8.11. The molecule has 2 aromatic rings. The molecule has 1 N–H and O–H groups in total. The Kier molecular flexibility index (Phi) is 3.58. The molecule has 1 saturated heterocycles. The Labute approximate surface area is 139 Å². The van der Waals surface area contributed by atoms with Crippen molar-refractivity contribution in [3.8, 4) is 0 Å². The summed E-state index contributed by atoms with van der Waals surface area (Å²) in [5, 5.41) is 4.56. The van der Waals surface area contributed by atoms with Gasteiger partial charge in [-0.25, -0.2) is 0 Å². The molecule has 0 aromatic heterocycles. The summed E-state index contributed by atoms with van der Waals surface area (Å²) < 4.78 is 5.69. The molecule has 5 heteroatoms. The van der Waals surface area contributed by atoms with Crippen LogP contribution in [0.1, 0.15) is 23.2 Å². The summed E-state index contributed by atoms with van der Waals surface area (Å²) in [6.07, 6.45) is 3.36. The Morgan fingerprint density at radius 1 is 1.38 bits per heavy atom. The van der Waals surface area contributed by atoms with Crippen LogP contribution in [0.2, 0.25) is 0 Å². The lowest BCUT2D eigenvalue weighted by Crippen LogP contribution is -2.34. The molecule has 1 unspecified atom stereocenters. The molecule has 2 aliphatic heterocycles. The van der Waals surface area contributed by atoms with Crippen LogP contribution in [0, 0.1) is 0 Å². The standard InChI is InChI=1S/C19H18N2O3/c1-2-17(22)20-15-8-9-16-18-13(15)6-3-7-14(18)19(23)21(16)11-12-5-4-10-24-12/h2-3,6-9,12H,1,4-5,10-11H2,(H,20,22). The van der Waals surface area contributed by atoms with Crippen LogP contribution in [0.4, 0.5) is 11.4 Å². The smallest absolute Gasteiger partial charge is 0.259 e. The molecule has 4 rings (SSSR count). The summed E-state index contributed by atoms with van der Waals surface area (Å²) in [6.45, 7) is 4.81. The average Bonchev–Trinajstić information content (AvgIpc) is 3.20. The van der Waals surface area contributed by atoms with Gasteiger partial charge in [0.25, 0.3) is 5.91 Å². The molecule has 24 heavy (non-hydrogen) atoms. The molecule has 5 nitrogen and oxygen atoms in total. The zero-order chi connectivity index (χ0) is 16.7. The van der Waals surface area contributed by atoms with E-state index < -0.39 is 0 Å². The first kappa shape index (κ1) is 14.9. The quantitative estimate of drug-likeness (QED) is 0.880. The summed E-state index contributed by atoms with van der Waals surface area (Å²) in [5.74, 6) is -0.269. The number of anilines is 2. The molecule has 2 aromatic carbocycles. The Bertz CT molecular complexity index is 853. The summed E-state index contributed by atoms with van der Waals surface area (Å²) in [7, 11) is 0. The molecule has 2 amide bonds. The van der Waals surface area contributed by atoms with E-state index in [-0.39, 0.29) is 17.9 Å². The number of amides is 2. The first-order valence-corrected chi connectivity index (χ1v) is 8.11. The number of nitrogens with zero attached hydrogens (tertiary/aromatic N) is 1. The third kappa shape index (κ3) is 2.29. The third-order valence-electron chi connectivity index (χ3n) is 4.64. The zero-order valence-corrected chi connectivity index (χ0v) is 13.2. The second-order valence-electron chi connectivity index (χ2n) is 6.10. The van der Waals surface area contributed by atoms with E-state index >= 15 is 0 Å². The molecule has 1 fully saturated rings. The third-order valence-corrected chi connectivity index (χ3v) is 4.64. The average molecular weight is 322 g/mol. The highest BCUT2D eigenvalue weighted by molar-refractivity contribution is 6.27. The van der Waals surface area contributed by atoms with Crippen LogP contribution in [0.15, 0.2) is 43.0 Å². The minimum Gasteiger partial charge on any atom is -0.376 e. The topological polar surface area (TPSA) is 58.6 Å². The van der Waals surface area contributed by atoms with Crippen molar-refractivity contribution in [3.05, 3.63) is 48.6 Å². The minimum atomic E-state index is -0.267. The van der Waals surface area contributed by atoms with Crippen molar-refractivity contribution < 1.29 is 14.3 Å². The molecule has 1 atom stereocenters. The molecule has 0 aliphatic carbocycles. The van der Waals surface area contributed by atoms with Crippen LogP contribution in [-0.2, 0) is 9.53 Å². The molecule has 0 bridgehead atoms. The van der Waals surface area contributed by atoms with Crippen molar-refractivity contribution in [2.24, 2.45) is 0 Å². The maximum atomic E-state index is 12.8. The highest BCUT2D eigenvalue weighted by Crippen LogP contribution is 2.41. The lowest BCUT2D eigenvalue weighted by Gasteiger charge is -2.21. The summed E-state index contributed by atoms with van der Waals surface area (Å²) in [5.41, 5.74) is 2.25. The summed E-state index contributed by atoms with van der Waals surface area (Å²) in [6, 6.07) is 9.33. The molecule has 0 spiro atoms. The van der Waals surface area contributed by atoms with Crippen molar-refractivity contribution in [1.82, 2.24) is 0 Å². The molecular weight excluding hydrogens is 304 g/mol. The van der Waals surface area contributed by atoms with Crippen LogP contribution in [-0.4, -0.2) is 31.1 Å². The van der Waals surface area contributed by atoms with Crippen LogP contribution < -0.4 is 10.2 Å². The number of nitrogens with one attached hydrogen (secondary N) is 1. The van der Waals surface area contributed by atoms with E-state index in [1.54, 1.807) is 4.90 Å². The van der Waals surface area contributed by atoms with E-state index in [1.807, 2.05) is 30.3 Å². The van der Waals surface area contributed by atoms with Gasteiger partial charge in [-0.05, 0) is 37.1 Å². The Morgan fingerprint density at radius 2 is 2.25 bits per heavy atom. The summed E-state index contributed by atoms with van der Waals surface area (Å²) >= 11 is 0. The molecule has 122 valence electrons. The van der Waals surface area contributed by atoms with Gasteiger partial charge in [0.2, 0.25) is 5.91 Å². The Morgan fingerprint density at radius 3 is 3.00 bits per heavy atom. The number of hydrogen-bond acceptors (Lipinski definition) is 3. The van der Waals surface area contributed by atoms with E-state index in [0.29, 0.717) is 17.8 Å². The van der Waals surface area contributed by atoms with E-state index in [4.69, 9.17) is 4.74 Å². The molecule has 2 heterocycles.